The van der Waals surface area contributed by atoms with E-state index < -0.39 is 11.8 Å². The lowest BCUT2D eigenvalue weighted by molar-refractivity contribution is -0.122. The fourth-order valence-electron chi connectivity index (χ4n) is 4.43. The maximum atomic E-state index is 13.0. The third kappa shape index (κ3) is 3.27. The predicted octanol–water partition coefficient (Wildman–Crippen LogP) is 3.00. The molecule has 3 heterocycles. The Hall–Kier alpha value is -4.33. The van der Waals surface area contributed by atoms with Crippen LogP contribution < -0.4 is 10.6 Å². The van der Waals surface area contributed by atoms with Crippen molar-refractivity contribution in [1.29, 1.82) is 0 Å². The van der Waals surface area contributed by atoms with Crippen LogP contribution in [0.1, 0.15) is 16.7 Å². The maximum Gasteiger partial charge on any atom is 0.317 e. The monoisotopic (exact) mass is 441 g/mol. The highest BCUT2D eigenvalue weighted by Crippen LogP contribution is 2.38. The molecule has 8 nitrogen and oxygen atoms in total. The van der Waals surface area contributed by atoms with E-state index in [9.17, 15) is 14.4 Å². The number of fused-ring (bicyclic) bond motifs is 2. The number of carbonyl (C=O) groups excluding carboxylic acids is 3. The molecule has 0 atom stereocenters. The second kappa shape index (κ2) is 7.67. The van der Waals surface area contributed by atoms with E-state index in [0.717, 1.165) is 27.4 Å². The van der Waals surface area contributed by atoms with Gasteiger partial charge >= 0.3 is 6.03 Å². The zero-order chi connectivity index (χ0) is 23.3. The number of urea groups is 1. The van der Waals surface area contributed by atoms with Gasteiger partial charge in [-0.2, -0.15) is 0 Å². The summed E-state index contributed by atoms with van der Waals surface area (Å²) in [5, 5.41) is 7.14. The number of hydrogen-bond acceptors (Lipinski definition) is 3. The quantitative estimate of drug-likeness (QED) is 0.425. The Morgan fingerprint density at radius 2 is 1.73 bits per heavy atom. The molecule has 5 rings (SSSR count). The van der Waals surface area contributed by atoms with Crippen LogP contribution in [-0.4, -0.2) is 46.4 Å². The molecule has 0 saturated carbocycles. The van der Waals surface area contributed by atoms with Gasteiger partial charge in [-0.15, -0.1) is 0 Å². The first-order valence-electron chi connectivity index (χ1n) is 10.6. The molecule has 1 aliphatic heterocycles. The summed E-state index contributed by atoms with van der Waals surface area (Å²) >= 11 is 0. The highest BCUT2D eigenvalue weighted by Gasteiger charge is 2.34. The number of carbonyl (C=O) groups is 3. The zero-order valence-corrected chi connectivity index (χ0v) is 18.5. The Balaban J connectivity index is 1.68. The molecule has 0 aliphatic carbocycles. The van der Waals surface area contributed by atoms with Crippen LogP contribution in [-0.2, 0) is 23.2 Å². The van der Waals surface area contributed by atoms with Crippen molar-refractivity contribution in [1.82, 2.24) is 25.1 Å². The molecule has 0 radical (unpaired) electrons. The topological polar surface area (TPSA) is 99.2 Å². The molecule has 0 spiro atoms. The number of aryl methyl sites for hydroxylation is 1. The summed E-state index contributed by atoms with van der Waals surface area (Å²) in [7, 11) is 5.28. The van der Waals surface area contributed by atoms with E-state index >= 15 is 0 Å². The van der Waals surface area contributed by atoms with Gasteiger partial charge in [-0.1, -0.05) is 36.4 Å². The van der Waals surface area contributed by atoms with E-state index in [1.165, 1.54) is 4.90 Å². The van der Waals surface area contributed by atoms with E-state index in [1.807, 2.05) is 60.3 Å². The Labute approximate surface area is 189 Å². The molecule has 0 bridgehead atoms. The summed E-state index contributed by atoms with van der Waals surface area (Å²) in [5.41, 5.74) is 4.64. The average Bonchev–Trinajstić information content (AvgIpc) is 3.47. The molecular formula is C25H23N5O3. The fourth-order valence-corrected chi connectivity index (χ4v) is 4.43. The van der Waals surface area contributed by atoms with E-state index in [0.29, 0.717) is 28.8 Å². The molecule has 0 saturated heterocycles. The third-order valence-corrected chi connectivity index (χ3v) is 6.01. The summed E-state index contributed by atoms with van der Waals surface area (Å²) in [6, 6.07) is 13.2. The van der Waals surface area contributed by atoms with Crippen molar-refractivity contribution in [2.24, 2.45) is 7.05 Å². The van der Waals surface area contributed by atoms with Gasteiger partial charge < -0.3 is 19.8 Å². The van der Waals surface area contributed by atoms with Gasteiger partial charge in [0.15, 0.2) is 0 Å². The molecule has 4 amide bonds. The van der Waals surface area contributed by atoms with Gasteiger partial charge in [-0.05, 0) is 11.6 Å². The second-order valence-corrected chi connectivity index (χ2v) is 8.30. The summed E-state index contributed by atoms with van der Waals surface area (Å²) in [6.45, 7) is 0.327. The highest BCUT2D eigenvalue weighted by molar-refractivity contribution is 6.50. The van der Waals surface area contributed by atoms with Crippen LogP contribution >= 0.6 is 0 Å². The van der Waals surface area contributed by atoms with Crippen molar-refractivity contribution in [2.75, 3.05) is 14.1 Å². The van der Waals surface area contributed by atoms with Crippen molar-refractivity contribution in [3.05, 3.63) is 71.5 Å². The number of para-hydroxylation sites is 2. The third-order valence-electron chi connectivity index (χ3n) is 6.01. The van der Waals surface area contributed by atoms with Crippen LogP contribution in [0.4, 0.5) is 4.79 Å². The smallest absolute Gasteiger partial charge is 0.317 e. The Kier molecular flexibility index (Phi) is 4.78. The molecule has 2 aromatic heterocycles. The van der Waals surface area contributed by atoms with E-state index in [4.69, 9.17) is 0 Å². The molecule has 0 fully saturated rings. The molecule has 4 aromatic rings. The van der Waals surface area contributed by atoms with Gasteiger partial charge in [0.1, 0.15) is 0 Å². The van der Waals surface area contributed by atoms with Crippen LogP contribution in [0, 0.1) is 0 Å². The van der Waals surface area contributed by atoms with E-state index in [2.05, 4.69) is 15.6 Å². The number of nitrogens with one attached hydrogen (secondary N) is 3. The first kappa shape index (κ1) is 20.6. The van der Waals surface area contributed by atoms with Crippen molar-refractivity contribution >= 4 is 50.8 Å². The Bertz CT molecular complexity index is 1490. The SMILES string of the molecule is CN(C)C(=O)NCc1cccc2c(C3=C(c4cccc5ccn(C)c45)C(=O)NC3=O)c[nH]c12. The highest BCUT2D eigenvalue weighted by atomic mass is 16.2. The minimum Gasteiger partial charge on any atom is -0.360 e. The minimum atomic E-state index is -0.423. The summed E-state index contributed by atoms with van der Waals surface area (Å²) in [4.78, 5) is 42.6. The van der Waals surface area contributed by atoms with Crippen molar-refractivity contribution in [2.45, 2.75) is 6.54 Å². The van der Waals surface area contributed by atoms with Gasteiger partial charge in [0.2, 0.25) is 0 Å². The molecule has 8 heteroatoms. The number of amides is 4. The van der Waals surface area contributed by atoms with E-state index in [-0.39, 0.29) is 6.03 Å². The predicted molar refractivity (Wildman–Crippen MR) is 127 cm³/mol. The number of rotatable bonds is 4. The molecule has 33 heavy (non-hydrogen) atoms. The Morgan fingerprint density at radius 3 is 2.48 bits per heavy atom. The van der Waals surface area contributed by atoms with Crippen molar-refractivity contribution < 1.29 is 14.4 Å². The summed E-state index contributed by atoms with van der Waals surface area (Å²) in [6.07, 6.45) is 3.68. The number of hydrogen-bond donors (Lipinski definition) is 3. The second-order valence-electron chi connectivity index (χ2n) is 8.30. The number of aromatic nitrogens is 2. The molecule has 166 valence electrons. The molecular weight excluding hydrogens is 418 g/mol. The van der Waals surface area contributed by atoms with Crippen LogP contribution in [0.15, 0.2) is 54.9 Å². The summed E-state index contributed by atoms with van der Waals surface area (Å²) < 4.78 is 1.95. The zero-order valence-electron chi connectivity index (χ0n) is 18.5. The fraction of sp³-hybridized carbons (Fsp3) is 0.160. The molecule has 0 unspecified atom stereocenters. The van der Waals surface area contributed by atoms with Gasteiger partial charge in [0.05, 0.1) is 22.2 Å². The van der Waals surface area contributed by atoms with Crippen LogP contribution in [0.2, 0.25) is 0 Å². The van der Waals surface area contributed by atoms with Crippen molar-refractivity contribution in [3.8, 4) is 0 Å². The number of imide groups is 1. The van der Waals surface area contributed by atoms with Gasteiger partial charge in [-0.3, -0.25) is 14.9 Å². The van der Waals surface area contributed by atoms with Crippen molar-refractivity contribution in [3.63, 3.8) is 0 Å². The summed E-state index contributed by atoms with van der Waals surface area (Å²) in [5.74, 6) is -0.833. The van der Waals surface area contributed by atoms with Crippen LogP contribution in [0.5, 0.6) is 0 Å². The number of aromatic amines is 1. The standard InChI is InChI=1S/C25H23N5O3/c1-29(2)25(33)27-12-15-7-5-8-16-18(13-26-21(15)16)20-19(23(31)28-24(20)32)17-9-4-6-14-10-11-30(3)22(14)17/h4-11,13,26H,12H2,1-3H3,(H,27,33)(H,28,31,32). The van der Waals surface area contributed by atoms with E-state index in [1.54, 1.807) is 20.3 Å². The average molecular weight is 441 g/mol. The van der Waals surface area contributed by atoms with Gasteiger partial charge in [0, 0.05) is 62.0 Å². The lowest BCUT2D eigenvalue weighted by Crippen LogP contribution is -2.33. The van der Waals surface area contributed by atoms with Crippen LogP contribution in [0.25, 0.3) is 33.0 Å². The number of nitrogens with zero attached hydrogens (tertiary/aromatic N) is 2. The lowest BCUT2D eigenvalue weighted by Gasteiger charge is -2.12. The maximum absolute atomic E-state index is 13.0. The molecule has 3 N–H and O–H groups in total. The lowest BCUT2D eigenvalue weighted by atomic mass is 9.94. The largest absolute Gasteiger partial charge is 0.360 e. The van der Waals surface area contributed by atoms with Crippen LogP contribution in [0.3, 0.4) is 0 Å². The molecule has 1 aliphatic rings. The number of H-pyrrole nitrogens is 1. The Morgan fingerprint density at radius 1 is 1.00 bits per heavy atom. The first-order valence-corrected chi connectivity index (χ1v) is 10.6. The molecule has 2 aromatic carbocycles. The normalized spacial score (nSPS) is 13.8. The minimum absolute atomic E-state index is 0.194. The van der Waals surface area contributed by atoms with Gasteiger partial charge in [-0.25, -0.2) is 4.79 Å². The van der Waals surface area contributed by atoms with Gasteiger partial charge in [0.25, 0.3) is 11.8 Å². The number of benzene rings is 2. The first-order chi connectivity index (χ1) is 15.9.